The summed E-state index contributed by atoms with van der Waals surface area (Å²) in [6.45, 7) is 5.07. The van der Waals surface area contributed by atoms with Crippen molar-refractivity contribution in [1.29, 1.82) is 0 Å². The molecule has 0 aliphatic carbocycles. The summed E-state index contributed by atoms with van der Waals surface area (Å²) < 4.78 is 16.4. The number of aromatic nitrogens is 1. The van der Waals surface area contributed by atoms with Crippen LogP contribution < -0.4 is 15.2 Å². The Kier molecular flexibility index (Phi) is 4.41. The van der Waals surface area contributed by atoms with Crippen molar-refractivity contribution in [2.75, 3.05) is 6.61 Å². The van der Waals surface area contributed by atoms with Crippen LogP contribution in [-0.4, -0.2) is 11.8 Å². The molecule has 0 saturated carbocycles. The molecule has 19 heavy (non-hydrogen) atoms. The van der Waals surface area contributed by atoms with Crippen LogP contribution in [-0.2, 0) is 13.2 Å². The summed E-state index contributed by atoms with van der Waals surface area (Å²) in [6.07, 6.45) is 0. The molecule has 102 valence electrons. The van der Waals surface area contributed by atoms with Gasteiger partial charge >= 0.3 is 0 Å². The Bertz CT molecular complexity index is 537. The van der Waals surface area contributed by atoms with E-state index in [1.807, 2.05) is 38.1 Å². The van der Waals surface area contributed by atoms with Crippen molar-refractivity contribution < 1.29 is 14.0 Å². The van der Waals surface area contributed by atoms with E-state index in [4.69, 9.17) is 19.7 Å². The maximum absolute atomic E-state index is 5.77. The molecule has 0 saturated heterocycles. The van der Waals surface area contributed by atoms with Crippen LogP contribution >= 0.6 is 0 Å². The molecule has 0 aliphatic rings. The Morgan fingerprint density at radius 2 is 2.16 bits per heavy atom. The van der Waals surface area contributed by atoms with Gasteiger partial charge in [0, 0.05) is 18.2 Å². The van der Waals surface area contributed by atoms with Gasteiger partial charge in [-0.15, -0.1) is 0 Å². The van der Waals surface area contributed by atoms with Gasteiger partial charge in [0.1, 0.15) is 6.61 Å². The highest BCUT2D eigenvalue weighted by Gasteiger charge is 2.11. The van der Waals surface area contributed by atoms with Gasteiger partial charge < -0.3 is 19.7 Å². The van der Waals surface area contributed by atoms with Gasteiger partial charge in [0.15, 0.2) is 17.3 Å². The first-order valence-corrected chi connectivity index (χ1v) is 6.24. The Morgan fingerprint density at radius 3 is 2.79 bits per heavy atom. The van der Waals surface area contributed by atoms with Crippen molar-refractivity contribution in [3.8, 4) is 11.5 Å². The Morgan fingerprint density at radius 1 is 1.32 bits per heavy atom. The van der Waals surface area contributed by atoms with Gasteiger partial charge in [0.25, 0.3) is 0 Å². The molecular formula is C14H18N2O3. The second kappa shape index (κ2) is 6.24. The average molecular weight is 262 g/mol. The Hall–Kier alpha value is -2.01. The molecule has 0 atom stereocenters. The predicted molar refractivity (Wildman–Crippen MR) is 71.1 cm³/mol. The van der Waals surface area contributed by atoms with Gasteiger partial charge in [-0.1, -0.05) is 17.3 Å². The molecule has 2 N–H and O–H groups in total. The van der Waals surface area contributed by atoms with E-state index in [2.05, 4.69) is 5.16 Å². The van der Waals surface area contributed by atoms with E-state index in [9.17, 15) is 0 Å². The molecule has 1 aromatic heterocycles. The maximum Gasteiger partial charge on any atom is 0.174 e. The number of hydrogen-bond donors (Lipinski definition) is 1. The highest BCUT2D eigenvalue weighted by molar-refractivity contribution is 5.46. The summed E-state index contributed by atoms with van der Waals surface area (Å²) in [7, 11) is 0. The van der Waals surface area contributed by atoms with Crippen LogP contribution in [0, 0.1) is 6.92 Å². The lowest BCUT2D eigenvalue weighted by atomic mass is 10.2. The minimum Gasteiger partial charge on any atom is -0.490 e. The molecule has 2 rings (SSSR count). The van der Waals surface area contributed by atoms with Gasteiger partial charge in [-0.2, -0.15) is 0 Å². The SMILES string of the molecule is CCOc1cccc(CN)c1OCc1cc(C)no1. The zero-order valence-electron chi connectivity index (χ0n) is 11.2. The summed E-state index contributed by atoms with van der Waals surface area (Å²) in [5, 5.41) is 3.82. The summed E-state index contributed by atoms with van der Waals surface area (Å²) >= 11 is 0. The molecule has 0 unspecified atom stereocenters. The molecule has 0 aliphatic heterocycles. The zero-order valence-corrected chi connectivity index (χ0v) is 11.2. The van der Waals surface area contributed by atoms with E-state index in [-0.39, 0.29) is 0 Å². The largest absolute Gasteiger partial charge is 0.490 e. The van der Waals surface area contributed by atoms with Crippen molar-refractivity contribution in [3.05, 3.63) is 41.3 Å². The lowest BCUT2D eigenvalue weighted by Crippen LogP contribution is -2.05. The molecule has 0 fully saturated rings. The van der Waals surface area contributed by atoms with Gasteiger partial charge in [-0.05, 0) is 19.9 Å². The fraction of sp³-hybridized carbons (Fsp3) is 0.357. The standard InChI is InChI=1S/C14H18N2O3/c1-3-17-13-6-4-5-11(8-15)14(13)18-9-12-7-10(2)16-19-12/h4-7H,3,8-9,15H2,1-2H3. The van der Waals surface area contributed by atoms with Gasteiger partial charge in [-0.3, -0.25) is 0 Å². The fourth-order valence-corrected chi connectivity index (χ4v) is 1.78. The van der Waals surface area contributed by atoms with Crippen molar-refractivity contribution >= 4 is 0 Å². The van der Waals surface area contributed by atoms with Gasteiger partial charge in [0.2, 0.25) is 0 Å². The van der Waals surface area contributed by atoms with Crippen LogP contribution in [0.5, 0.6) is 11.5 Å². The average Bonchev–Trinajstić information content (AvgIpc) is 2.83. The van der Waals surface area contributed by atoms with Gasteiger partial charge in [-0.25, -0.2) is 0 Å². The third kappa shape index (κ3) is 3.26. The van der Waals surface area contributed by atoms with Crippen molar-refractivity contribution in [3.63, 3.8) is 0 Å². The van der Waals surface area contributed by atoms with Crippen LogP contribution in [0.3, 0.4) is 0 Å². The van der Waals surface area contributed by atoms with E-state index in [1.165, 1.54) is 0 Å². The zero-order chi connectivity index (χ0) is 13.7. The molecule has 2 aromatic rings. The Labute approximate surface area is 112 Å². The van der Waals surface area contributed by atoms with E-state index in [0.717, 1.165) is 11.3 Å². The topological polar surface area (TPSA) is 70.5 Å². The minimum atomic E-state index is 0.303. The van der Waals surface area contributed by atoms with Crippen LogP contribution in [0.15, 0.2) is 28.8 Å². The van der Waals surface area contributed by atoms with Gasteiger partial charge in [0.05, 0.1) is 12.3 Å². The first-order chi connectivity index (χ1) is 9.24. The molecule has 1 heterocycles. The second-order valence-corrected chi connectivity index (χ2v) is 4.10. The maximum atomic E-state index is 5.77. The summed E-state index contributed by atoms with van der Waals surface area (Å²) in [6, 6.07) is 7.52. The monoisotopic (exact) mass is 262 g/mol. The summed E-state index contributed by atoms with van der Waals surface area (Å²) in [5.74, 6) is 2.04. The Balaban J connectivity index is 2.17. The normalized spacial score (nSPS) is 10.5. The molecule has 0 amide bonds. The highest BCUT2D eigenvalue weighted by atomic mass is 16.5. The summed E-state index contributed by atoms with van der Waals surface area (Å²) in [5.41, 5.74) is 7.45. The molecular weight excluding hydrogens is 244 g/mol. The number of aryl methyl sites for hydroxylation is 1. The minimum absolute atomic E-state index is 0.303. The lowest BCUT2D eigenvalue weighted by Gasteiger charge is -2.14. The molecule has 0 radical (unpaired) electrons. The highest BCUT2D eigenvalue weighted by Crippen LogP contribution is 2.31. The van der Waals surface area contributed by atoms with E-state index in [0.29, 0.717) is 37.0 Å². The van der Waals surface area contributed by atoms with E-state index < -0.39 is 0 Å². The molecule has 0 spiro atoms. The first kappa shape index (κ1) is 13.4. The van der Waals surface area contributed by atoms with Crippen LogP contribution in [0.2, 0.25) is 0 Å². The van der Waals surface area contributed by atoms with Crippen LogP contribution in [0.25, 0.3) is 0 Å². The van der Waals surface area contributed by atoms with Crippen molar-refractivity contribution in [2.24, 2.45) is 5.73 Å². The van der Waals surface area contributed by atoms with Crippen molar-refractivity contribution in [2.45, 2.75) is 27.0 Å². The molecule has 5 nitrogen and oxygen atoms in total. The molecule has 5 heteroatoms. The fourth-order valence-electron chi connectivity index (χ4n) is 1.78. The number of benzene rings is 1. The summed E-state index contributed by atoms with van der Waals surface area (Å²) in [4.78, 5) is 0. The number of hydrogen-bond acceptors (Lipinski definition) is 5. The molecule has 0 bridgehead atoms. The quantitative estimate of drug-likeness (QED) is 0.865. The van der Waals surface area contributed by atoms with Crippen molar-refractivity contribution in [1.82, 2.24) is 5.16 Å². The number of rotatable bonds is 6. The van der Waals surface area contributed by atoms with Crippen LogP contribution in [0.1, 0.15) is 23.9 Å². The number of para-hydroxylation sites is 1. The first-order valence-electron chi connectivity index (χ1n) is 6.24. The van der Waals surface area contributed by atoms with Crippen LogP contribution in [0.4, 0.5) is 0 Å². The molecule has 1 aromatic carbocycles. The number of nitrogens with two attached hydrogens (primary N) is 1. The predicted octanol–water partition coefficient (Wildman–Crippen LogP) is 2.42. The third-order valence-electron chi connectivity index (χ3n) is 2.62. The second-order valence-electron chi connectivity index (χ2n) is 4.10. The third-order valence-corrected chi connectivity index (χ3v) is 2.62. The number of ether oxygens (including phenoxy) is 2. The lowest BCUT2D eigenvalue weighted by molar-refractivity contribution is 0.231. The van der Waals surface area contributed by atoms with E-state index >= 15 is 0 Å². The smallest absolute Gasteiger partial charge is 0.174 e. The number of nitrogens with zero attached hydrogens (tertiary/aromatic N) is 1. The van der Waals surface area contributed by atoms with E-state index in [1.54, 1.807) is 0 Å².